The van der Waals surface area contributed by atoms with E-state index in [2.05, 4.69) is 35.4 Å². The number of benzene rings is 1. The number of amides is 1. The molecule has 32 heavy (non-hydrogen) atoms. The first-order valence-electron chi connectivity index (χ1n) is 10.9. The monoisotopic (exact) mass is 449 g/mol. The van der Waals surface area contributed by atoms with Crippen molar-refractivity contribution < 1.29 is 9.53 Å². The minimum Gasteiger partial charge on any atom is -0.444 e. The molecule has 1 atom stereocenters. The summed E-state index contributed by atoms with van der Waals surface area (Å²) in [7, 11) is 0. The molecule has 4 rings (SSSR count). The van der Waals surface area contributed by atoms with E-state index < -0.39 is 5.60 Å². The van der Waals surface area contributed by atoms with E-state index in [4.69, 9.17) is 21.3 Å². The van der Waals surface area contributed by atoms with Gasteiger partial charge in [0.15, 0.2) is 5.82 Å². The molecule has 0 saturated carbocycles. The summed E-state index contributed by atoms with van der Waals surface area (Å²) >= 11 is 5.95. The van der Waals surface area contributed by atoms with Crippen LogP contribution < -0.4 is 0 Å². The van der Waals surface area contributed by atoms with Gasteiger partial charge >= 0.3 is 6.09 Å². The Morgan fingerprint density at radius 3 is 2.72 bits per heavy atom. The predicted octanol–water partition coefficient (Wildman–Crippen LogP) is 6.10. The smallest absolute Gasteiger partial charge is 0.410 e. The molecular formula is C26H28ClN3O2. The fraction of sp³-hybridized carbons (Fsp3) is 0.346. The van der Waals surface area contributed by atoms with Crippen LogP contribution in [0.3, 0.4) is 0 Å². The van der Waals surface area contributed by atoms with E-state index >= 15 is 0 Å². The molecule has 2 aromatic rings. The summed E-state index contributed by atoms with van der Waals surface area (Å²) in [6, 6.07) is 7.82. The van der Waals surface area contributed by atoms with Gasteiger partial charge in [-0.15, -0.1) is 0 Å². The number of ether oxygens (including phenoxy) is 1. The molecule has 1 aliphatic heterocycles. The van der Waals surface area contributed by atoms with E-state index in [9.17, 15) is 4.79 Å². The third-order valence-corrected chi connectivity index (χ3v) is 5.63. The third-order valence-electron chi connectivity index (χ3n) is 5.38. The lowest BCUT2D eigenvalue weighted by molar-refractivity contribution is 0.0222. The molecule has 2 aliphatic rings. The molecule has 0 radical (unpaired) electrons. The second kappa shape index (κ2) is 9.29. The van der Waals surface area contributed by atoms with Gasteiger partial charge in [-0.2, -0.15) is 0 Å². The summed E-state index contributed by atoms with van der Waals surface area (Å²) in [5.74, 6) is 1.08. The summed E-state index contributed by atoms with van der Waals surface area (Å²) in [6.07, 6.45) is 14.0. The Hall–Kier alpha value is -2.92. The van der Waals surface area contributed by atoms with Crippen molar-refractivity contribution in [2.75, 3.05) is 6.54 Å². The van der Waals surface area contributed by atoms with Gasteiger partial charge in [0.2, 0.25) is 0 Å². The molecule has 0 saturated heterocycles. The number of allylic oxidation sites excluding steroid dienone is 5. The molecule has 6 heteroatoms. The van der Waals surface area contributed by atoms with Gasteiger partial charge < -0.3 is 9.64 Å². The Morgan fingerprint density at radius 2 is 2.03 bits per heavy atom. The van der Waals surface area contributed by atoms with Crippen LogP contribution in [0.5, 0.6) is 0 Å². The molecule has 5 nitrogen and oxygen atoms in total. The van der Waals surface area contributed by atoms with Gasteiger partial charge in [0.05, 0.1) is 12.2 Å². The van der Waals surface area contributed by atoms with Crippen LogP contribution in [0, 0.1) is 5.92 Å². The highest BCUT2D eigenvalue weighted by molar-refractivity contribution is 6.30. The van der Waals surface area contributed by atoms with E-state index in [1.807, 2.05) is 51.2 Å². The van der Waals surface area contributed by atoms with Crippen molar-refractivity contribution in [3.05, 3.63) is 82.4 Å². The van der Waals surface area contributed by atoms with Crippen LogP contribution in [0.1, 0.15) is 49.8 Å². The van der Waals surface area contributed by atoms with Crippen LogP contribution in [0.15, 0.2) is 54.8 Å². The van der Waals surface area contributed by atoms with E-state index in [0.717, 1.165) is 39.7 Å². The molecule has 1 amide bonds. The van der Waals surface area contributed by atoms with E-state index in [1.165, 1.54) is 0 Å². The van der Waals surface area contributed by atoms with Crippen molar-refractivity contribution in [2.45, 2.75) is 45.8 Å². The van der Waals surface area contributed by atoms with Gasteiger partial charge in [0.1, 0.15) is 5.60 Å². The molecular weight excluding hydrogens is 422 g/mol. The van der Waals surface area contributed by atoms with Gasteiger partial charge in [0.25, 0.3) is 0 Å². The maximum Gasteiger partial charge on any atom is 0.410 e. The van der Waals surface area contributed by atoms with Crippen molar-refractivity contribution in [3.63, 3.8) is 0 Å². The Balaban J connectivity index is 1.38. The fourth-order valence-electron chi connectivity index (χ4n) is 3.69. The van der Waals surface area contributed by atoms with Crippen LogP contribution in [-0.4, -0.2) is 33.1 Å². The molecule has 1 aliphatic carbocycles. The normalized spacial score (nSPS) is 18.4. The summed E-state index contributed by atoms with van der Waals surface area (Å²) in [4.78, 5) is 23.4. The zero-order valence-electron chi connectivity index (χ0n) is 18.7. The Morgan fingerprint density at radius 1 is 1.25 bits per heavy atom. The number of nitrogens with zero attached hydrogens (tertiary/aromatic N) is 3. The molecule has 1 unspecified atom stereocenters. The maximum absolute atomic E-state index is 12.4. The van der Waals surface area contributed by atoms with Gasteiger partial charge in [0, 0.05) is 35.3 Å². The number of carbonyl (C=O) groups is 1. The van der Waals surface area contributed by atoms with Crippen LogP contribution in [0.2, 0.25) is 5.02 Å². The molecule has 1 aromatic heterocycles. The van der Waals surface area contributed by atoms with Gasteiger partial charge in [-0.3, -0.25) is 0 Å². The number of aromatic nitrogens is 2. The lowest BCUT2D eigenvalue weighted by Gasteiger charge is -2.30. The largest absolute Gasteiger partial charge is 0.444 e. The highest BCUT2D eigenvalue weighted by Gasteiger charge is 2.27. The second-order valence-electron chi connectivity index (χ2n) is 9.15. The first-order chi connectivity index (χ1) is 15.3. The SMILES string of the molecule is CC(C)(C)OC(=O)N1CCc2nc(C3=CCC(/C=C/c4ccc(Cl)cc4)C=C3)ncc2C1. The first-order valence-corrected chi connectivity index (χ1v) is 11.3. The lowest BCUT2D eigenvalue weighted by atomic mass is 9.95. The van der Waals surface area contributed by atoms with Crippen molar-refractivity contribution in [3.8, 4) is 0 Å². The molecule has 0 fully saturated rings. The number of rotatable bonds is 3. The maximum atomic E-state index is 12.4. The van der Waals surface area contributed by atoms with Crippen LogP contribution in [-0.2, 0) is 17.7 Å². The quantitative estimate of drug-likeness (QED) is 0.568. The Kier molecular flexibility index (Phi) is 6.47. The molecule has 1 aromatic carbocycles. The topological polar surface area (TPSA) is 55.3 Å². The van der Waals surface area contributed by atoms with Crippen LogP contribution in [0.4, 0.5) is 4.79 Å². The lowest BCUT2D eigenvalue weighted by Crippen LogP contribution is -2.40. The summed E-state index contributed by atoms with van der Waals surface area (Å²) in [5.41, 5.74) is 3.66. The van der Waals surface area contributed by atoms with Gasteiger partial charge in [-0.25, -0.2) is 14.8 Å². The Bertz CT molecular complexity index is 1080. The predicted molar refractivity (Wildman–Crippen MR) is 128 cm³/mol. The summed E-state index contributed by atoms with van der Waals surface area (Å²) in [5, 5.41) is 0.745. The average Bonchev–Trinajstić information content (AvgIpc) is 2.77. The van der Waals surface area contributed by atoms with Crippen molar-refractivity contribution in [1.29, 1.82) is 0 Å². The highest BCUT2D eigenvalue weighted by Crippen LogP contribution is 2.26. The number of hydrogen-bond donors (Lipinski definition) is 0. The first kappa shape index (κ1) is 22.3. The zero-order chi connectivity index (χ0) is 22.7. The van der Waals surface area contributed by atoms with E-state index in [-0.39, 0.29) is 6.09 Å². The van der Waals surface area contributed by atoms with Crippen molar-refractivity contribution >= 4 is 29.3 Å². The Labute approximate surface area is 194 Å². The number of fused-ring (bicyclic) bond motifs is 1. The number of carbonyl (C=O) groups excluding carboxylic acids is 1. The minimum absolute atomic E-state index is 0.289. The number of hydrogen-bond acceptors (Lipinski definition) is 4. The molecule has 0 N–H and O–H groups in total. The zero-order valence-corrected chi connectivity index (χ0v) is 19.5. The molecule has 0 bridgehead atoms. The van der Waals surface area contributed by atoms with E-state index in [1.54, 1.807) is 4.90 Å². The van der Waals surface area contributed by atoms with E-state index in [0.29, 0.717) is 25.4 Å². The highest BCUT2D eigenvalue weighted by atomic mass is 35.5. The fourth-order valence-corrected chi connectivity index (χ4v) is 3.82. The average molecular weight is 450 g/mol. The third kappa shape index (κ3) is 5.65. The molecule has 2 heterocycles. The molecule has 166 valence electrons. The second-order valence-corrected chi connectivity index (χ2v) is 9.58. The van der Waals surface area contributed by atoms with Crippen LogP contribution in [0.25, 0.3) is 11.6 Å². The standard InChI is InChI=1S/C26H28ClN3O2/c1-26(2,3)32-25(31)30-15-14-23-21(17-30)16-28-24(29-23)20-10-6-18(7-11-20)4-5-19-8-12-22(27)13-9-19/h4-6,8-13,16,18H,7,14-15,17H2,1-3H3/b5-4+. The summed E-state index contributed by atoms with van der Waals surface area (Å²) in [6.45, 7) is 6.71. The van der Waals surface area contributed by atoms with Gasteiger partial charge in [-0.1, -0.05) is 54.1 Å². The minimum atomic E-state index is -0.501. The van der Waals surface area contributed by atoms with Crippen molar-refractivity contribution in [1.82, 2.24) is 14.9 Å². The molecule has 0 spiro atoms. The van der Waals surface area contributed by atoms with Crippen molar-refractivity contribution in [2.24, 2.45) is 5.92 Å². The van der Waals surface area contributed by atoms with Crippen LogP contribution >= 0.6 is 11.6 Å². The summed E-state index contributed by atoms with van der Waals surface area (Å²) < 4.78 is 5.49. The van der Waals surface area contributed by atoms with Gasteiger partial charge in [-0.05, 0) is 50.8 Å². The number of halogens is 1.